The molecule has 1 aromatic carbocycles. The van der Waals surface area contributed by atoms with Crippen molar-refractivity contribution < 1.29 is 4.79 Å². The lowest BCUT2D eigenvalue weighted by Gasteiger charge is -2.09. The van der Waals surface area contributed by atoms with Crippen molar-refractivity contribution in [3.8, 4) is 5.69 Å². The van der Waals surface area contributed by atoms with Crippen LogP contribution in [0.1, 0.15) is 47.8 Å². The van der Waals surface area contributed by atoms with Crippen LogP contribution in [-0.2, 0) is 5.75 Å². The average molecular weight is 411 g/mol. The third-order valence-corrected chi connectivity index (χ3v) is 5.14. The van der Waals surface area contributed by atoms with E-state index in [0.717, 1.165) is 29.2 Å². The molecule has 0 saturated heterocycles. The van der Waals surface area contributed by atoms with Crippen LogP contribution in [0.15, 0.2) is 41.6 Å². The number of hydrogen-bond donors (Lipinski definition) is 1. The number of thioether (sulfide) groups is 1. The Kier molecular flexibility index (Phi) is 6.98. The Bertz CT molecular complexity index is 950. The summed E-state index contributed by atoms with van der Waals surface area (Å²) in [5.41, 5.74) is 3.77. The molecule has 2 heterocycles. The van der Waals surface area contributed by atoms with Gasteiger partial charge in [0.25, 0.3) is 5.91 Å². The highest BCUT2D eigenvalue weighted by atomic mass is 32.2. The summed E-state index contributed by atoms with van der Waals surface area (Å²) in [4.78, 5) is 21.7. The van der Waals surface area contributed by atoms with Gasteiger partial charge in [0.1, 0.15) is 0 Å². The molecule has 8 heteroatoms. The fourth-order valence-corrected chi connectivity index (χ4v) is 3.78. The summed E-state index contributed by atoms with van der Waals surface area (Å²) in [6.45, 7) is 8.76. The lowest BCUT2D eigenvalue weighted by atomic mass is 10.1. The van der Waals surface area contributed by atoms with Gasteiger partial charge in [-0.05, 0) is 44.4 Å². The minimum absolute atomic E-state index is 0.204. The van der Waals surface area contributed by atoms with Crippen molar-refractivity contribution in [1.82, 2.24) is 30.3 Å². The second-order valence-electron chi connectivity index (χ2n) is 7.29. The zero-order chi connectivity index (χ0) is 20.8. The predicted octanol–water partition coefficient (Wildman–Crippen LogP) is 3.74. The monoisotopic (exact) mass is 410 g/mol. The van der Waals surface area contributed by atoms with E-state index in [1.165, 1.54) is 11.8 Å². The molecule has 0 bridgehead atoms. The lowest BCUT2D eigenvalue weighted by molar-refractivity contribution is 0.0946. The minimum Gasteiger partial charge on any atom is -0.351 e. The van der Waals surface area contributed by atoms with Crippen LogP contribution in [0.3, 0.4) is 0 Å². The molecule has 3 rings (SSSR count). The summed E-state index contributed by atoms with van der Waals surface area (Å²) in [6.07, 6.45) is 0.916. The molecule has 2 aromatic heterocycles. The Morgan fingerprint density at radius 2 is 1.83 bits per heavy atom. The van der Waals surface area contributed by atoms with Crippen molar-refractivity contribution in [2.45, 2.75) is 45.0 Å². The number of aromatic nitrogens is 5. The Morgan fingerprint density at radius 1 is 1.14 bits per heavy atom. The molecular formula is C21H26N6OS. The van der Waals surface area contributed by atoms with Crippen molar-refractivity contribution in [2.75, 3.05) is 6.54 Å². The number of carbonyl (C=O) groups is 1. The topological polar surface area (TPSA) is 85.6 Å². The highest BCUT2D eigenvalue weighted by Crippen LogP contribution is 2.23. The average Bonchev–Trinajstić information content (AvgIpc) is 3.10. The molecule has 3 aromatic rings. The van der Waals surface area contributed by atoms with E-state index in [-0.39, 0.29) is 5.91 Å². The van der Waals surface area contributed by atoms with Gasteiger partial charge in [-0.1, -0.05) is 49.0 Å². The molecule has 7 nitrogen and oxygen atoms in total. The van der Waals surface area contributed by atoms with Gasteiger partial charge < -0.3 is 5.32 Å². The second kappa shape index (κ2) is 9.65. The van der Waals surface area contributed by atoms with Crippen molar-refractivity contribution in [3.63, 3.8) is 0 Å². The summed E-state index contributed by atoms with van der Waals surface area (Å²) in [6, 6.07) is 11.6. The van der Waals surface area contributed by atoms with Crippen LogP contribution in [0.5, 0.6) is 0 Å². The van der Waals surface area contributed by atoms with E-state index < -0.39 is 0 Å². The van der Waals surface area contributed by atoms with E-state index in [1.54, 1.807) is 4.68 Å². The number of aryl methyl sites for hydroxylation is 2. The number of benzene rings is 1. The maximum absolute atomic E-state index is 12.7. The van der Waals surface area contributed by atoms with Crippen LogP contribution in [0.4, 0.5) is 0 Å². The first-order chi connectivity index (χ1) is 13.9. The molecule has 152 valence electrons. The second-order valence-corrected chi connectivity index (χ2v) is 8.23. The molecule has 0 radical (unpaired) electrons. The number of nitrogens with one attached hydrogen (secondary N) is 1. The van der Waals surface area contributed by atoms with Gasteiger partial charge in [0.15, 0.2) is 10.9 Å². The van der Waals surface area contributed by atoms with Crippen LogP contribution < -0.4 is 5.32 Å². The number of hydrogen-bond acceptors (Lipinski definition) is 6. The van der Waals surface area contributed by atoms with Gasteiger partial charge in [-0.3, -0.25) is 4.79 Å². The summed E-state index contributed by atoms with van der Waals surface area (Å²) in [5.74, 6) is 0.800. The smallest absolute Gasteiger partial charge is 0.273 e. The number of carbonyl (C=O) groups excluding carboxylic acids is 1. The summed E-state index contributed by atoms with van der Waals surface area (Å²) < 4.78 is 1.72. The number of amides is 1. The maximum Gasteiger partial charge on any atom is 0.273 e. The molecule has 0 unspecified atom stereocenters. The zero-order valence-electron chi connectivity index (χ0n) is 17.2. The van der Waals surface area contributed by atoms with E-state index in [2.05, 4.69) is 39.4 Å². The SMILES string of the molecule is Cc1cc(C)nc(SCc2c(C(=O)NCCC(C)C)nnn2-c2ccccc2)n1. The number of para-hydroxylation sites is 1. The molecular weight excluding hydrogens is 384 g/mol. The van der Waals surface area contributed by atoms with Crippen LogP contribution in [0, 0.1) is 19.8 Å². The molecule has 0 aliphatic heterocycles. The molecule has 0 atom stereocenters. The molecule has 0 aliphatic carbocycles. The largest absolute Gasteiger partial charge is 0.351 e. The predicted molar refractivity (Wildman–Crippen MR) is 114 cm³/mol. The Morgan fingerprint density at radius 3 is 2.48 bits per heavy atom. The van der Waals surface area contributed by atoms with Crippen molar-refractivity contribution >= 4 is 17.7 Å². The number of nitrogens with zero attached hydrogens (tertiary/aromatic N) is 5. The Hall–Kier alpha value is -2.74. The molecule has 0 spiro atoms. The summed E-state index contributed by atoms with van der Waals surface area (Å²) >= 11 is 1.47. The van der Waals surface area contributed by atoms with Crippen molar-refractivity contribution in [3.05, 3.63) is 59.2 Å². The van der Waals surface area contributed by atoms with E-state index in [4.69, 9.17) is 0 Å². The zero-order valence-corrected chi connectivity index (χ0v) is 18.0. The normalized spacial score (nSPS) is 11.1. The quantitative estimate of drug-likeness (QED) is 0.450. The van der Waals surface area contributed by atoms with Crippen molar-refractivity contribution in [1.29, 1.82) is 0 Å². The van der Waals surface area contributed by atoms with Crippen LogP contribution in [0.2, 0.25) is 0 Å². The maximum atomic E-state index is 12.7. The van der Waals surface area contributed by atoms with E-state index in [9.17, 15) is 4.79 Å². The Balaban J connectivity index is 1.86. The first kappa shape index (κ1) is 21.0. The highest BCUT2D eigenvalue weighted by molar-refractivity contribution is 7.98. The van der Waals surface area contributed by atoms with E-state index >= 15 is 0 Å². The molecule has 0 saturated carbocycles. The van der Waals surface area contributed by atoms with Crippen LogP contribution in [-0.4, -0.2) is 37.4 Å². The third kappa shape index (κ3) is 5.63. The first-order valence-electron chi connectivity index (χ1n) is 9.67. The van der Waals surface area contributed by atoms with Crippen LogP contribution in [0.25, 0.3) is 5.69 Å². The fraction of sp³-hybridized carbons (Fsp3) is 0.381. The van der Waals surface area contributed by atoms with Gasteiger partial charge in [-0.2, -0.15) is 0 Å². The number of rotatable bonds is 8. The highest BCUT2D eigenvalue weighted by Gasteiger charge is 2.21. The van der Waals surface area contributed by atoms with Gasteiger partial charge >= 0.3 is 0 Å². The van der Waals surface area contributed by atoms with Gasteiger partial charge in [-0.15, -0.1) is 5.10 Å². The summed E-state index contributed by atoms with van der Waals surface area (Å²) in [7, 11) is 0. The summed E-state index contributed by atoms with van der Waals surface area (Å²) in [5, 5.41) is 12.1. The lowest BCUT2D eigenvalue weighted by Crippen LogP contribution is -2.26. The minimum atomic E-state index is -0.204. The van der Waals surface area contributed by atoms with Gasteiger partial charge in [0.2, 0.25) is 0 Å². The van der Waals surface area contributed by atoms with E-state index in [0.29, 0.717) is 29.1 Å². The first-order valence-corrected chi connectivity index (χ1v) is 10.7. The van der Waals surface area contributed by atoms with E-state index in [1.807, 2.05) is 50.2 Å². The third-order valence-electron chi connectivity index (χ3n) is 4.29. The molecule has 0 aliphatic rings. The molecule has 29 heavy (non-hydrogen) atoms. The standard InChI is InChI=1S/C21H26N6OS/c1-14(2)10-11-22-20(28)19-18(13-29-21-23-15(3)12-16(4)24-21)27(26-25-19)17-8-6-5-7-9-17/h5-9,12,14H,10-11,13H2,1-4H3,(H,22,28). The van der Waals surface area contributed by atoms with Gasteiger partial charge in [0.05, 0.1) is 11.4 Å². The fourth-order valence-electron chi connectivity index (χ4n) is 2.83. The van der Waals surface area contributed by atoms with Crippen LogP contribution >= 0.6 is 11.8 Å². The van der Waals surface area contributed by atoms with Gasteiger partial charge in [0, 0.05) is 23.7 Å². The van der Waals surface area contributed by atoms with Crippen molar-refractivity contribution in [2.24, 2.45) is 5.92 Å². The molecule has 1 N–H and O–H groups in total. The van der Waals surface area contributed by atoms with Gasteiger partial charge in [-0.25, -0.2) is 14.6 Å². The molecule has 0 fully saturated rings. The molecule has 1 amide bonds. The Labute approximate surface area is 175 Å².